The Morgan fingerprint density at radius 3 is 2.63 bits per heavy atom. The van der Waals surface area contributed by atoms with E-state index in [-0.39, 0.29) is 13.2 Å². The van der Waals surface area contributed by atoms with E-state index in [9.17, 15) is 9.59 Å². The number of hydrogen-bond acceptors (Lipinski definition) is 6. The molecular weight excluding hydrogens is 252 g/mol. The third-order valence-corrected chi connectivity index (χ3v) is 2.22. The van der Waals surface area contributed by atoms with Crippen molar-refractivity contribution in [3.8, 4) is 12.3 Å². The van der Waals surface area contributed by atoms with E-state index in [1.54, 1.807) is 12.2 Å². The highest BCUT2D eigenvalue weighted by Crippen LogP contribution is 2.17. The molecule has 104 valence electrons. The average molecular weight is 268 g/mol. The molecule has 6 heteroatoms. The van der Waals surface area contributed by atoms with Gasteiger partial charge in [0.1, 0.15) is 25.4 Å². The molecule has 0 aromatic carbocycles. The number of hydrogen-bond donors (Lipinski definition) is 0. The Balaban J connectivity index is 2.63. The summed E-state index contributed by atoms with van der Waals surface area (Å²) < 4.78 is 20.6. The summed E-state index contributed by atoms with van der Waals surface area (Å²) in [5.74, 6) is 1.42. The zero-order valence-corrected chi connectivity index (χ0v) is 10.8. The Bertz CT molecular complexity index is 394. The van der Waals surface area contributed by atoms with Crippen LogP contribution in [0, 0.1) is 12.3 Å². The van der Waals surface area contributed by atoms with Gasteiger partial charge < -0.3 is 18.9 Å². The molecule has 0 amide bonds. The average Bonchev–Trinajstić information content (AvgIpc) is 2.35. The topological polar surface area (TPSA) is 71.1 Å². The molecule has 1 aliphatic rings. The first-order valence-corrected chi connectivity index (χ1v) is 5.72. The van der Waals surface area contributed by atoms with Gasteiger partial charge in [0.25, 0.3) is 0 Å². The molecule has 0 aromatic heterocycles. The number of rotatable bonds is 5. The number of carbonyl (C=O) groups excluding carboxylic acids is 2. The van der Waals surface area contributed by atoms with E-state index in [1.165, 1.54) is 13.8 Å². The molecule has 19 heavy (non-hydrogen) atoms. The van der Waals surface area contributed by atoms with Crippen molar-refractivity contribution >= 4 is 11.9 Å². The molecule has 0 saturated heterocycles. The van der Waals surface area contributed by atoms with Crippen molar-refractivity contribution in [3.63, 3.8) is 0 Å². The predicted octanol–water partition coefficient (Wildman–Crippen LogP) is 0.412. The van der Waals surface area contributed by atoms with Crippen molar-refractivity contribution in [1.29, 1.82) is 0 Å². The van der Waals surface area contributed by atoms with Crippen LogP contribution in [0.3, 0.4) is 0 Å². The summed E-state index contributed by atoms with van der Waals surface area (Å²) in [4.78, 5) is 21.8. The minimum Gasteiger partial charge on any atom is -0.463 e. The van der Waals surface area contributed by atoms with Crippen LogP contribution < -0.4 is 0 Å². The van der Waals surface area contributed by atoms with Crippen molar-refractivity contribution < 1.29 is 28.5 Å². The van der Waals surface area contributed by atoms with Gasteiger partial charge in [0.05, 0.1) is 0 Å². The number of carbonyl (C=O) groups is 2. The van der Waals surface area contributed by atoms with E-state index in [4.69, 9.17) is 25.4 Å². The normalized spacial score (nSPS) is 25.4. The standard InChI is InChI=1S/C13H16O6/c1-4-7-16-13-6-5-11(18-10(3)15)12(19-13)8-17-9(2)14/h1,5-6,11-13H,7-8H2,2-3H3/t11-,12+,13+/m1/s1. The van der Waals surface area contributed by atoms with Crippen molar-refractivity contribution in [1.82, 2.24) is 0 Å². The van der Waals surface area contributed by atoms with Gasteiger partial charge in [-0.25, -0.2) is 0 Å². The van der Waals surface area contributed by atoms with Gasteiger partial charge in [0, 0.05) is 13.8 Å². The Hall–Kier alpha value is -1.84. The molecule has 0 aliphatic carbocycles. The van der Waals surface area contributed by atoms with E-state index in [0.717, 1.165) is 0 Å². The molecule has 1 aliphatic heterocycles. The highest BCUT2D eigenvalue weighted by molar-refractivity contribution is 5.66. The molecule has 0 N–H and O–H groups in total. The lowest BCUT2D eigenvalue weighted by Gasteiger charge is -2.30. The molecule has 1 rings (SSSR count). The molecule has 0 radical (unpaired) electrons. The van der Waals surface area contributed by atoms with Gasteiger partial charge in [-0.3, -0.25) is 9.59 Å². The predicted molar refractivity (Wildman–Crippen MR) is 64.8 cm³/mol. The lowest BCUT2D eigenvalue weighted by atomic mass is 10.1. The van der Waals surface area contributed by atoms with Crippen LogP contribution in [-0.2, 0) is 28.5 Å². The Morgan fingerprint density at radius 2 is 2.05 bits per heavy atom. The van der Waals surface area contributed by atoms with Crippen LogP contribution in [-0.4, -0.2) is 43.7 Å². The van der Waals surface area contributed by atoms with Crippen LogP contribution in [0.15, 0.2) is 12.2 Å². The largest absolute Gasteiger partial charge is 0.463 e. The van der Waals surface area contributed by atoms with Gasteiger partial charge in [-0.2, -0.15) is 0 Å². The fourth-order valence-corrected chi connectivity index (χ4v) is 1.48. The minimum atomic E-state index is -0.650. The van der Waals surface area contributed by atoms with E-state index < -0.39 is 30.4 Å². The van der Waals surface area contributed by atoms with Crippen LogP contribution in [0.1, 0.15) is 13.8 Å². The smallest absolute Gasteiger partial charge is 0.303 e. The molecule has 6 nitrogen and oxygen atoms in total. The summed E-state index contributed by atoms with van der Waals surface area (Å²) in [5.41, 5.74) is 0. The van der Waals surface area contributed by atoms with Crippen LogP contribution in [0.4, 0.5) is 0 Å². The molecule has 0 spiro atoms. The fourth-order valence-electron chi connectivity index (χ4n) is 1.48. The maximum Gasteiger partial charge on any atom is 0.303 e. The second-order valence-electron chi connectivity index (χ2n) is 3.82. The fraction of sp³-hybridized carbons (Fsp3) is 0.538. The first-order valence-electron chi connectivity index (χ1n) is 5.72. The summed E-state index contributed by atoms with van der Waals surface area (Å²) in [6, 6.07) is 0. The summed E-state index contributed by atoms with van der Waals surface area (Å²) in [6.07, 6.45) is 6.40. The summed E-state index contributed by atoms with van der Waals surface area (Å²) >= 11 is 0. The number of terminal acetylenes is 1. The molecule has 1 heterocycles. The zero-order valence-electron chi connectivity index (χ0n) is 10.8. The maximum atomic E-state index is 11.0. The second kappa shape index (κ2) is 7.56. The molecule has 3 atom stereocenters. The second-order valence-corrected chi connectivity index (χ2v) is 3.82. The Labute approximate surface area is 111 Å². The molecule has 0 saturated carbocycles. The SMILES string of the molecule is C#CCO[C@@H]1C=C[C@@H](OC(C)=O)[C@H](COC(C)=O)O1. The quantitative estimate of drug-likeness (QED) is 0.408. The molecule has 0 aromatic rings. The molecular formula is C13H16O6. The zero-order chi connectivity index (χ0) is 14.3. The number of ether oxygens (including phenoxy) is 4. The minimum absolute atomic E-state index is 0.0342. The maximum absolute atomic E-state index is 11.0. The van der Waals surface area contributed by atoms with Gasteiger partial charge in [-0.05, 0) is 12.2 Å². The van der Waals surface area contributed by atoms with Crippen LogP contribution >= 0.6 is 0 Å². The lowest BCUT2D eigenvalue weighted by molar-refractivity contribution is -0.193. The van der Waals surface area contributed by atoms with Gasteiger partial charge in [0.2, 0.25) is 0 Å². The van der Waals surface area contributed by atoms with Gasteiger partial charge in [-0.1, -0.05) is 5.92 Å². The van der Waals surface area contributed by atoms with Crippen LogP contribution in [0.25, 0.3) is 0 Å². The monoisotopic (exact) mass is 268 g/mol. The third kappa shape index (κ3) is 5.55. The van der Waals surface area contributed by atoms with Crippen LogP contribution in [0.5, 0.6) is 0 Å². The van der Waals surface area contributed by atoms with Crippen molar-refractivity contribution in [2.75, 3.05) is 13.2 Å². The van der Waals surface area contributed by atoms with Gasteiger partial charge in [0.15, 0.2) is 6.29 Å². The van der Waals surface area contributed by atoms with E-state index in [1.807, 2.05) is 0 Å². The molecule has 0 fully saturated rings. The van der Waals surface area contributed by atoms with E-state index in [2.05, 4.69) is 5.92 Å². The first kappa shape index (κ1) is 15.2. The summed E-state index contributed by atoms with van der Waals surface area (Å²) in [7, 11) is 0. The molecule has 0 bridgehead atoms. The van der Waals surface area contributed by atoms with Crippen LogP contribution in [0.2, 0.25) is 0 Å². The Kier molecular flexibility index (Phi) is 6.06. The van der Waals surface area contributed by atoms with Crippen molar-refractivity contribution in [3.05, 3.63) is 12.2 Å². The highest BCUT2D eigenvalue weighted by atomic mass is 16.7. The summed E-state index contributed by atoms with van der Waals surface area (Å²) in [6.45, 7) is 2.63. The third-order valence-electron chi connectivity index (χ3n) is 2.22. The lowest BCUT2D eigenvalue weighted by Crippen LogP contribution is -2.42. The van der Waals surface area contributed by atoms with E-state index in [0.29, 0.717) is 0 Å². The Morgan fingerprint density at radius 1 is 1.32 bits per heavy atom. The first-order chi connectivity index (χ1) is 9.02. The molecule has 0 unspecified atom stereocenters. The summed E-state index contributed by atoms with van der Waals surface area (Å²) in [5, 5.41) is 0. The van der Waals surface area contributed by atoms with Crippen molar-refractivity contribution in [2.24, 2.45) is 0 Å². The highest BCUT2D eigenvalue weighted by Gasteiger charge is 2.30. The number of esters is 2. The van der Waals surface area contributed by atoms with Gasteiger partial charge >= 0.3 is 11.9 Å². The van der Waals surface area contributed by atoms with Crippen molar-refractivity contribution in [2.45, 2.75) is 32.3 Å². The van der Waals surface area contributed by atoms with E-state index >= 15 is 0 Å². The van der Waals surface area contributed by atoms with Gasteiger partial charge in [-0.15, -0.1) is 6.42 Å².